The molecule has 0 bridgehead atoms. The highest BCUT2D eigenvalue weighted by Gasteiger charge is 2.04. The van der Waals surface area contributed by atoms with Crippen molar-refractivity contribution in [2.45, 2.75) is 12.8 Å². The average molecular weight is 308 g/mol. The molecule has 0 saturated carbocycles. The predicted molar refractivity (Wildman–Crippen MR) is 63.7 cm³/mol. The molecule has 0 aliphatic heterocycles. The Bertz CT molecular complexity index is 382. The average Bonchev–Trinajstić information content (AvgIpc) is 2.58. The van der Waals surface area contributed by atoms with Gasteiger partial charge < -0.3 is 10.4 Å². The third-order valence-corrected chi connectivity index (χ3v) is 2.94. The molecule has 3 N–H and O–H groups in total. The molecule has 0 aliphatic rings. The number of rotatable bonds is 5. The molecule has 2 amide bonds. The number of hydrogen-bond donors (Lipinski definition) is 3. The second-order valence-corrected chi connectivity index (χ2v) is 5.26. The number of aliphatic carboxylic acids is 1. The second kappa shape index (κ2) is 6.44. The Kier molecular flexibility index (Phi) is 5.20. The molecule has 16 heavy (non-hydrogen) atoms. The zero-order valence-electron chi connectivity index (χ0n) is 8.20. The first-order valence-corrected chi connectivity index (χ1v) is 6.07. The van der Waals surface area contributed by atoms with Crippen LogP contribution < -0.4 is 10.6 Å². The fourth-order valence-electron chi connectivity index (χ4n) is 0.895. The number of hydrogen-bond acceptors (Lipinski definition) is 4. The molecule has 8 heteroatoms. The van der Waals surface area contributed by atoms with Crippen molar-refractivity contribution in [3.63, 3.8) is 0 Å². The Labute approximate surface area is 104 Å². The lowest BCUT2D eigenvalue weighted by Gasteiger charge is -2.03. The van der Waals surface area contributed by atoms with Gasteiger partial charge in [-0.05, 0) is 22.4 Å². The summed E-state index contributed by atoms with van der Waals surface area (Å²) in [5.41, 5.74) is 0. The zero-order chi connectivity index (χ0) is 12.0. The van der Waals surface area contributed by atoms with E-state index in [0.717, 1.165) is 3.79 Å². The normalized spacial score (nSPS) is 9.81. The number of carboxylic acids is 1. The van der Waals surface area contributed by atoms with Gasteiger partial charge in [0.2, 0.25) is 0 Å². The van der Waals surface area contributed by atoms with Crippen molar-refractivity contribution in [1.29, 1.82) is 0 Å². The number of amides is 2. The van der Waals surface area contributed by atoms with Gasteiger partial charge in [0, 0.05) is 13.0 Å². The standard InChI is InChI=1S/C8H10BrN3O3S/c9-5-4-11-8(16-5)12-7(15)10-3-1-2-6(13)14/h4H,1-3H2,(H,13,14)(H2,10,11,12,15). The molecule has 1 heterocycles. The monoisotopic (exact) mass is 307 g/mol. The number of halogens is 1. The zero-order valence-corrected chi connectivity index (χ0v) is 10.6. The van der Waals surface area contributed by atoms with Crippen LogP contribution in [0.1, 0.15) is 12.8 Å². The summed E-state index contributed by atoms with van der Waals surface area (Å²) in [6.07, 6.45) is 2.04. The number of carbonyl (C=O) groups excluding carboxylic acids is 1. The van der Waals surface area contributed by atoms with Gasteiger partial charge in [0.25, 0.3) is 0 Å². The topological polar surface area (TPSA) is 91.3 Å². The molecule has 0 aromatic carbocycles. The first-order valence-electron chi connectivity index (χ1n) is 4.46. The van der Waals surface area contributed by atoms with Crippen molar-refractivity contribution in [1.82, 2.24) is 10.3 Å². The van der Waals surface area contributed by atoms with Crippen molar-refractivity contribution in [3.8, 4) is 0 Å². The fourth-order valence-corrected chi connectivity index (χ4v) is 2.00. The molecular weight excluding hydrogens is 298 g/mol. The number of carboxylic acid groups (broad SMARTS) is 1. The van der Waals surface area contributed by atoms with Gasteiger partial charge in [0.05, 0.1) is 9.98 Å². The van der Waals surface area contributed by atoms with E-state index in [2.05, 4.69) is 31.5 Å². The fraction of sp³-hybridized carbons (Fsp3) is 0.375. The molecule has 1 rings (SSSR count). The predicted octanol–water partition coefficient (Wildman–Crippen LogP) is 1.89. The summed E-state index contributed by atoms with van der Waals surface area (Å²) in [4.78, 5) is 25.4. The van der Waals surface area contributed by atoms with Crippen molar-refractivity contribution in [2.75, 3.05) is 11.9 Å². The highest BCUT2D eigenvalue weighted by Crippen LogP contribution is 2.22. The maximum atomic E-state index is 11.2. The number of aromatic nitrogens is 1. The lowest BCUT2D eigenvalue weighted by atomic mass is 10.3. The summed E-state index contributed by atoms with van der Waals surface area (Å²) in [5.74, 6) is -0.869. The Hall–Kier alpha value is -1.15. The Morgan fingerprint density at radius 2 is 2.31 bits per heavy atom. The van der Waals surface area contributed by atoms with Crippen LogP contribution in [-0.4, -0.2) is 28.6 Å². The number of nitrogens with one attached hydrogen (secondary N) is 2. The first kappa shape index (κ1) is 12.9. The van der Waals surface area contributed by atoms with Gasteiger partial charge in [0.1, 0.15) is 0 Å². The third kappa shape index (κ3) is 5.08. The van der Waals surface area contributed by atoms with Gasteiger partial charge in [-0.25, -0.2) is 9.78 Å². The highest BCUT2D eigenvalue weighted by molar-refractivity contribution is 9.11. The van der Waals surface area contributed by atoms with E-state index >= 15 is 0 Å². The van der Waals surface area contributed by atoms with E-state index in [9.17, 15) is 9.59 Å². The number of urea groups is 1. The summed E-state index contributed by atoms with van der Waals surface area (Å²) < 4.78 is 0.827. The second-order valence-electron chi connectivity index (χ2n) is 2.85. The molecular formula is C8H10BrN3O3S. The van der Waals surface area contributed by atoms with Crippen LogP contribution in [0.25, 0.3) is 0 Å². The summed E-state index contributed by atoms with van der Waals surface area (Å²) in [6.45, 7) is 0.324. The Balaban J connectivity index is 2.18. The molecule has 1 aromatic heterocycles. The van der Waals surface area contributed by atoms with Crippen LogP contribution in [0.5, 0.6) is 0 Å². The molecule has 0 spiro atoms. The number of carbonyl (C=O) groups is 2. The van der Waals surface area contributed by atoms with Crippen LogP contribution in [-0.2, 0) is 4.79 Å². The maximum Gasteiger partial charge on any atom is 0.321 e. The number of nitrogens with zero attached hydrogens (tertiary/aromatic N) is 1. The van der Waals surface area contributed by atoms with Gasteiger partial charge in [-0.2, -0.15) is 0 Å². The summed E-state index contributed by atoms with van der Waals surface area (Å²) in [5, 5.41) is 13.9. The minimum atomic E-state index is -0.869. The van der Waals surface area contributed by atoms with Gasteiger partial charge in [-0.1, -0.05) is 11.3 Å². The van der Waals surface area contributed by atoms with E-state index in [1.165, 1.54) is 11.3 Å². The molecule has 6 nitrogen and oxygen atoms in total. The van der Waals surface area contributed by atoms with Gasteiger partial charge in [-0.15, -0.1) is 0 Å². The quantitative estimate of drug-likeness (QED) is 0.724. The molecule has 0 atom stereocenters. The number of thiazole rings is 1. The summed E-state index contributed by atoms with van der Waals surface area (Å²) in [7, 11) is 0. The van der Waals surface area contributed by atoms with Gasteiger partial charge in [-0.3, -0.25) is 10.1 Å². The van der Waals surface area contributed by atoms with Crippen LogP contribution in [0.3, 0.4) is 0 Å². The van der Waals surface area contributed by atoms with Crippen molar-refractivity contribution in [3.05, 3.63) is 9.98 Å². The SMILES string of the molecule is O=C(O)CCCNC(=O)Nc1ncc(Br)s1. The smallest absolute Gasteiger partial charge is 0.321 e. The van der Waals surface area contributed by atoms with Crippen LogP contribution >= 0.6 is 27.3 Å². The molecule has 0 aliphatic carbocycles. The Morgan fingerprint density at radius 1 is 1.56 bits per heavy atom. The van der Waals surface area contributed by atoms with E-state index in [4.69, 9.17) is 5.11 Å². The highest BCUT2D eigenvalue weighted by atomic mass is 79.9. The van der Waals surface area contributed by atoms with Gasteiger partial charge >= 0.3 is 12.0 Å². The van der Waals surface area contributed by atoms with Crippen LogP contribution in [0.2, 0.25) is 0 Å². The molecule has 0 radical (unpaired) electrons. The van der Waals surface area contributed by atoms with E-state index in [1.807, 2.05) is 0 Å². The van der Waals surface area contributed by atoms with Crippen molar-refractivity contribution in [2.24, 2.45) is 0 Å². The van der Waals surface area contributed by atoms with E-state index < -0.39 is 5.97 Å². The van der Waals surface area contributed by atoms with Crippen LogP contribution in [0.15, 0.2) is 9.98 Å². The molecule has 0 saturated heterocycles. The largest absolute Gasteiger partial charge is 0.481 e. The lowest BCUT2D eigenvalue weighted by molar-refractivity contribution is -0.137. The minimum absolute atomic E-state index is 0.0447. The Morgan fingerprint density at radius 3 is 2.88 bits per heavy atom. The maximum absolute atomic E-state index is 11.2. The van der Waals surface area contributed by atoms with E-state index in [0.29, 0.717) is 18.1 Å². The van der Waals surface area contributed by atoms with E-state index in [1.54, 1.807) is 6.20 Å². The lowest BCUT2D eigenvalue weighted by Crippen LogP contribution is -2.29. The number of anilines is 1. The van der Waals surface area contributed by atoms with E-state index in [-0.39, 0.29) is 12.5 Å². The molecule has 0 unspecified atom stereocenters. The molecule has 0 fully saturated rings. The molecule has 1 aromatic rings. The van der Waals surface area contributed by atoms with Crippen LogP contribution in [0.4, 0.5) is 9.93 Å². The van der Waals surface area contributed by atoms with Crippen molar-refractivity contribution < 1.29 is 14.7 Å². The summed E-state index contributed by atoms with van der Waals surface area (Å²) in [6, 6.07) is -0.382. The van der Waals surface area contributed by atoms with Crippen LogP contribution in [0, 0.1) is 0 Å². The first-order chi connectivity index (χ1) is 7.58. The van der Waals surface area contributed by atoms with Gasteiger partial charge in [0.15, 0.2) is 5.13 Å². The summed E-state index contributed by atoms with van der Waals surface area (Å²) >= 11 is 4.52. The minimum Gasteiger partial charge on any atom is -0.481 e. The third-order valence-electron chi connectivity index (χ3n) is 1.55. The van der Waals surface area contributed by atoms with Crippen molar-refractivity contribution >= 4 is 44.4 Å². The molecule has 88 valence electrons.